The Hall–Kier alpha value is -2.23. The largest absolute Gasteiger partial charge is 0.451 e. The van der Waals surface area contributed by atoms with Gasteiger partial charge in [0.25, 0.3) is 5.91 Å². The monoisotopic (exact) mass is 414 g/mol. The first-order valence-corrected chi connectivity index (χ1v) is 9.96. The van der Waals surface area contributed by atoms with Gasteiger partial charge in [-0.15, -0.1) is 16.9 Å². The van der Waals surface area contributed by atoms with Crippen LogP contribution in [0.15, 0.2) is 34.0 Å². The first kappa shape index (κ1) is 20.5. The molecule has 2 aromatic rings. The van der Waals surface area contributed by atoms with E-state index in [2.05, 4.69) is 5.10 Å². The predicted molar refractivity (Wildman–Crippen MR) is 99.5 cm³/mol. The van der Waals surface area contributed by atoms with Gasteiger partial charge in [-0.3, -0.25) is 9.36 Å². The summed E-state index contributed by atoms with van der Waals surface area (Å²) in [6.45, 7) is 2.73. The molecule has 0 unspecified atom stereocenters. The lowest BCUT2D eigenvalue weighted by Crippen LogP contribution is -2.41. The van der Waals surface area contributed by atoms with E-state index in [1.807, 2.05) is 25.1 Å². The zero-order valence-corrected chi connectivity index (χ0v) is 16.4. The number of piperidine rings is 1. The molecule has 6 nitrogen and oxygen atoms in total. The van der Waals surface area contributed by atoms with Gasteiger partial charge in [-0.2, -0.15) is 13.2 Å². The molecule has 28 heavy (non-hydrogen) atoms. The molecule has 0 atom stereocenters. The Bertz CT molecular complexity index is 914. The van der Waals surface area contributed by atoms with Gasteiger partial charge in [0.2, 0.25) is 5.82 Å². The van der Waals surface area contributed by atoms with Gasteiger partial charge in [-0.1, -0.05) is 19.1 Å². The molecule has 1 aromatic heterocycles. The SMILES string of the molecule is CCSc1ccccc1C(=O)N1CCC(n2nc(C(F)(F)F)n(C)c2=O)CC1. The van der Waals surface area contributed by atoms with E-state index < -0.39 is 23.7 Å². The Morgan fingerprint density at radius 1 is 1.25 bits per heavy atom. The van der Waals surface area contributed by atoms with Crippen molar-refractivity contribution in [3.63, 3.8) is 0 Å². The number of amides is 1. The van der Waals surface area contributed by atoms with Crippen molar-refractivity contribution >= 4 is 17.7 Å². The van der Waals surface area contributed by atoms with Crippen molar-refractivity contribution in [1.82, 2.24) is 19.2 Å². The summed E-state index contributed by atoms with van der Waals surface area (Å²) in [5.74, 6) is -0.461. The van der Waals surface area contributed by atoms with Crippen LogP contribution in [0.1, 0.15) is 42.0 Å². The maximum absolute atomic E-state index is 13.0. The molecular weight excluding hydrogens is 393 g/mol. The highest BCUT2D eigenvalue weighted by Gasteiger charge is 2.39. The average molecular weight is 414 g/mol. The Morgan fingerprint density at radius 3 is 2.46 bits per heavy atom. The number of alkyl halides is 3. The standard InChI is InChI=1S/C18H21F3N4O2S/c1-3-28-14-7-5-4-6-13(14)15(26)24-10-8-12(9-11-24)25-17(27)23(2)16(22-25)18(19,20)21/h4-7,12H,3,8-11H2,1-2H3. The molecule has 0 bridgehead atoms. The van der Waals surface area contributed by atoms with Crippen molar-refractivity contribution in [3.8, 4) is 0 Å². The van der Waals surface area contributed by atoms with Crippen molar-refractivity contribution in [2.75, 3.05) is 18.8 Å². The Kier molecular flexibility index (Phi) is 5.87. The second-order valence-corrected chi connectivity index (χ2v) is 7.87. The summed E-state index contributed by atoms with van der Waals surface area (Å²) >= 11 is 1.59. The molecule has 1 fully saturated rings. The van der Waals surface area contributed by atoms with E-state index in [-0.39, 0.29) is 5.91 Å². The molecule has 1 amide bonds. The molecular formula is C18H21F3N4O2S. The smallest absolute Gasteiger partial charge is 0.338 e. The van der Waals surface area contributed by atoms with Crippen molar-refractivity contribution in [3.05, 3.63) is 46.1 Å². The highest BCUT2D eigenvalue weighted by Crippen LogP contribution is 2.29. The van der Waals surface area contributed by atoms with Crippen LogP contribution in [0, 0.1) is 0 Å². The number of rotatable bonds is 4. The van der Waals surface area contributed by atoms with Gasteiger partial charge in [-0.05, 0) is 30.7 Å². The lowest BCUT2D eigenvalue weighted by atomic mass is 10.0. The molecule has 3 rings (SSSR count). The maximum Gasteiger partial charge on any atom is 0.451 e. The summed E-state index contributed by atoms with van der Waals surface area (Å²) in [6, 6.07) is 6.92. The number of likely N-dealkylation sites (tertiary alicyclic amines) is 1. The third-order valence-electron chi connectivity index (χ3n) is 4.77. The molecule has 0 N–H and O–H groups in total. The Morgan fingerprint density at radius 2 is 1.89 bits per heavy atom. The quantitative estimate of drug-likeness (QED) is 0.721. The maximum atomic E-state index is 13.0. The summed E-state index contributed by atoms with van der Waals surface area (Å²) in [6.07, 6.45) is -3.93. The van der Waals surface area contributed by atoms with E-state index in [1.165, 1.54) is 0 Å². The predicted octanol–water partition coefficient (Wildman–Crippen LogP) is 3.19. The number of benzene rings is 1. The van der Waals surface area contributed by atoms with Crippen molar-refractivity contribution in [2.45, 2.75) is 36.9 Å². The van der Waals surface area contributed by atoms with Gasteiger partial charge in [0.1, 0.15) is 0 Å². The minimum atomic E-state index is -4.68. The molecule has 0 saturated carbocycles. The molecule has 152 valence electrons. The van der Waals surface area contributed by atoms with Crippen LogP contribution < -0.4 is 5.69 Å². The van der Waals surface area contributed by atoms with E-state index in [0.29, 0.717) is 36.1 Å². The first-order chi connectivity index (χ1) is 13.2. The average Bonchev–Trinajstić information content (AvgIpc) is 2.97. The Balaban J connectivity index is 1.74. The van der Waals surface area contributed by atoms with Crippen LogP contribution in [0.2, 0.25) is 0 Å². The third kappa shape index (κ3) is 3.96. The fourth-order valence-corrected chi connectivity index (χ4v) is 4.15. The van der Waals surface area contributed by atoms with Crippen LogP contribution in [0.3, 0.4) is 0 Å². The number of hydrogen-bond acceptors (Lipinski definition) is 4. The van der Waals surface area contributed by atoms with Crippen LogP contribution in [0.5, 0.6) is 0 Å². The zero-order chi connectivity index (χ0) is 20.5. The number of nitrogens with zero attached hydrogens (tertiary/aromatic N) is 4. The van der Waals surface area contributed by atoms with Crippen LogP contribution in [-0.2, 0) is 13.2 Å². The van der Waals surface area contributed by atoms with Gasteiger partial charge in [0, 0.05) is 25.0 Å². The zero-order valence-electron chi connectivity index (χ0n) is 15.6. The van der Waals surface area contributed by atoms with Crippen LogP contribution in [-0.4, -0.2) is 44.0 Å². The van der Waals surface area contributed by atoms with Crippen LogP contribution >= 0.6 is 11.8 Å². The van der Waals surface area contributed by atoms with Crippen molar-refractivity contribution in [1.29, 1.82) is 0 Å². The molecule has 1 aliphatic heterocycles. The number of aromatic nitrogens is 3. The number of carbonyl (C=O) groups excluding carboxylic acids is 1. The number of hydrogen-bond donors (Lipinski definition) is 0. The normalized spacial score (nSPS) is 15.8. The fraction of sp³-hybridized carbons (Fsp3) is 0.500. The molecule has 1 aliphatic rings. The molecule has 1 saturated heterocycles. The Labute approximate surface area is 164 Å². The second kappa shape index (κ2) is 8.02. The highest BCUT2D eigenvalue weighted by molar-refractivity contribution is 7.99. The van der Waals surface area contributed by atoms with E-state index in [1.54, 1.807) is 22.7 Å². The molecule has 2 heterocycles. The van der Waals surface area contributed by atoms with Crippen molar-refractivity contribution < 1.29 is 18.0 Å². The van der Waals surface area contributed by atoms with Gasteiger partial charge in [0.15, 0.2) is 0 Å². The minimum absolute atomic E-state index is 0.0978. The van der Waals surface area contributed by atoms with E-state index in [0.717, 1.165) is 22.4 Å². The van der Waals surface area contributed by atoms with E-state index in [4.69, 9.17) is 0 Å². The van der Waals surface area contributed by atoms with E-state index in [9.17, 15) is 22.8 Å². The van der Waals surface area contributed by atoms with Gasteiger partial charge < -0.3 is 4.90 Å². The van der Waals surface area contributed by atoms with Crippen LogP contribution in [0.25, 0.3) is 0 Å². The lowest BCUT2D eigenvalue weighted by molar-refractivity contribution is -0.147. The fourth-order valence-electron chi connectivity index (χ4n) is 3.35. The van der Waals surface area contributed by atoms with Gasteiger partial charge in [-0.25, -0.2) is 9.48 Å². The van der Waals surface area contributed by atoms with Crippen LogP contribution in [0.4, 0.5) is 13.2 Å². The first-order valence-electron chi connectivity index (χ1n) is 8.97. The van der Waals surface area contributed by atoms with Gasteiger partial charge >= 0.3 is 11.9 Å². The second-order valence-electron chi connectivity index (χ2n) is 6.56. The molecule has 10 heteroatoms. The molecule has 0 aliphatic carbocycles. The highest BCUT2D eigenvalue weighted by atomic mass is 32.2. The van der Waals surface area contributed by atoms with E-state index >= 15 is 0 Å². The summed E-state index contributed by atoms with van der Waals surface area (Å²) in [4.78, 5) is 27.6. The minimum Gasteiger partial charge on any atom is -0.338 e. The summed E-state index contributed by atoms with van der Waals surface area (Å²) in [7, 11) is 1.07. The summed E-state index contributed by atoms with van der Waals surface area (Å²) in [5, 5.41) is 3.51. The summed E-state index contributed by atoms with van der Waals surface area (Å²) < 4.78 is 40.4. The summed E-state index contributed by atoms with van der Waals surface area (Å²) in [5.41, 5.74) is -0.163. The third-order valence-corrected chi connectivity index (χ3v) is 5.73. The lowest BCUT2D eigenvalue weighted by Gasteiger charge is -2.32. The molecule has 0 spiro atoms. The number of halogens is 3. The number of carbonyl (C=O) groups is 1. The van der Waals surface area contributed by atoms with Gasteiger partial charge in [0.05, 0.1) is 11.6 Å². The topological polar surface area (TPSA) is 60.1 Å². The number of thioether (sulfide) groups is 1. The molecule has 0 radical (unpaired) electrons. The van der Waals surface area contributed by atoms with Crippen molar-refractivity contribution in [2.24, 2.45) is 7.05 Å². The molecule has 1 aromatic carbocycles.